The summed E-state index contributed by atoms with van der Waals surface area (Å²) in [4.78, 5) is 34.2. The minimum atomic E-state index is -0.779. The van der Waals surface area contributed by atoms with Crippen LogP contribution in [0.5, 0.6) is 0 Å². The van der Waals surface area contributed by atoms with Crippen molar-refractivity contribution in [3.63, 3.8) is 0 Å². The Hall–Kier alpha value is -3.09. The molecule has 0 aliphatic rings. The maximum atomic E-state index is 11.7. The zero-order valence-corrected chi connectivity index (χ0v) is 11.9. The third-order valence-corrected chi connectivity index (χ3v) is 2.67. The molecule has 114 valence electrons. The van der Waals surface area contributed by atoms with Crippen molar-refractivity contribution < 1.29 is 18.8 Å². The molecule has 2 aromatic rings. The van der Waals surface area contributed by atoms with Crippen molar-refractivity contribution >= 4 is 29.1 Å². The number of nitrogens with one attached hydrogen (secondary N) is 3. The Bertz CT molecular complexity index is 663. The summed E-state index contributed by atoms with van der Waals surface area (Å²) in [5.41, 5.74) is 1.06. The summed E-state index contributed by atoms with van der Waals surface area (Å²) >= 11 is 0. The van der Waals surface area contributed by atoms with Crippen molar-refractivity contribution in [3.8, 4) is 0 Å². The average molecular weight is 301 g/mol. The molecule has 7 heteroatoms. The van der Waals surface area contributed by atoms with Gasteiger partial charge in [0.25, 0.3) is 0 Å². The van der Waals surface area contributed by atoms with Gasteiger partial charge in [0.2, 0.25) is 5.91 Å². The van der Waals surface area contributed by atoms with Crippen LogP contribution >= 0.6 is 0 Å². The van der Waals surface area contributed by atoms with Gasteiger partial charge in [-0.15, -0.1) is 0 Å². The molecule has 7 nitrogen and oxygen atoms in total. The molecule has 0 saturated heterocycles. The summed E-state index contributed by atoms with van der Waals surface area (Å²) in [6.07, 6.45) is 1.48. The third kappa shape index (κ3) is 4.48. The van der Waals surface area contributed by atoms with Crippen LogP contribution in [0.15, 0.2) is 47.1 Å². The van der Waals surface area contributed by atoms with E-state index in [1.807, 2.05) is 0 Å². The lowest BCUT2D eigenvalue weighted by Crippen LogP contribution is -2.34. The van der Waals surface area contributed by atoms with Crippen molar-refractivity contribution in [1.82, 2.24) is 5.32 Å². The number of benzene rings is 1. The van der Waals surface area contributed by atoms with Crippen molar-refractivity contribution in [2.24, 2.45) is 0 Å². The Morgan fingerprint density at radius 2 is 1.59 bits per heavy atom. The van der Waals surface area contributed by atoms with Gasteiger partial charge in [0.1, 0.15) is 5.76 Å². The maximum absolute atomic E-state index is 11.7. The first kappa shape index (κ1) is 15.3. The Kier molecular flexibility index (Phi) is 4.92. The molecule has 0 fully saturated rings. The summed E-state index contributed by atoms with van der Waals surface area (Å²) in [5, 5.41) is 7.50. The highest BCUT2D eigenvalue weighted by atomic mass is 16.3. The number of hydrogen-bond acceptors (Lipinski definition) is 4. The fourth-order valence-electron chi connectivity index (χ4n) is 1.69. The standard InChI is InChI=1S/C15H15N3O4/c1-10(19)17-11-4-6-12(7-5-11)18-15(21)14(20)16-9-13-3-2-8-22-13/h2-8H,9H2,1H3,(H,16,20)(H,17,19)(H,18,21). The van der Waals surface area contributed by atoms with Gasteiger partial charge in [-0.25, -0.2) is 0 Å². The predicted molar refractivity (Wildman–Crippen MR) is 79.9 cm³/mol. The first-order chi connectivity index (χ1) is 10.5. The SMILES string of the molecule is CC(=O)Nc1ccc(NC(=O)C(=O)NCc2ccco2)cc1. The Balaban J connectivity index is 1.85. The Morgan fingerprint density at radius 3 is 2.14 bits per heavy atom. The van der Waals surface area contributed by atoms with E-state index in [0.29, 0.717) is 17.1 Å². The monoisotopic (exact) mass is 301 g/mol. The molecule has 0 spiro atoms. The smallest absolute Gasteiger partial charge is 0.313 e. The molecule has 0 aliphatic carbocycles. The van der Waals surface area contributed by atoms with Crippen LogP contribution in [0.3, 0.4) is 0 Å². The quantitative estimate of drug-likeness (QED) is 0.745. The minimum absolute atomic E-state index is 0.140. The van der Waals surface area contributed by atoms with Gasteiger partial charge in [0.15, 0.2) is 0 Å². The van der Waals surface area contributed by atoms with E-state index in [2.05, 4.69) is 16.0 Å². The summed E-state index contributed by atoms with van der Waals surface area (Å²) in [7, 11) is 0. The van der Waals surface area contributed by atoms with Gasteiger partial charge in [-0.3, -0.25) is 14.4 Å². The van der Waals surface area contributed by atoms with Crippen molar-refractivity contribution in [2.45, 2.75) is 13.5 Å². The lowest BCUT2D eigenvalue weighted by Gasteiger charge is -2.07. The number of furan rings is 1. The van der Waals surface area contributed by atoms with E-state index in [-0.39, 0.29) is 12.5 Å². The van der Waals surface area contributed by atoms with E-state index in [1.54, 1.807) is 36.4 Å². The molecule has 0 atom stereocenters. The van der Waals surface area contributed by atoms with Gasteiger partial charge in [-0.2, -0.15) is 0 Å². The zero-order valence-electron chi connectivity index (χ0n) is 11.9. The van der Waals surface area contributed by atoms with Crippen LogP contribution in [0.2, 0.25) is 0 Å². The number of amides is 3. The van der Waals surface area contributed by atoms with Crippen LogP contribution < -0.4 is 16.0 Å². The molecular formula is C15H15N3O4. The predicted octanol–water partition coefficient (Wildman–Crippen LogP) is 1.49. The van der Waals surface area contributed by atoms with E-state index in [0.717, 1.165) is 0 Å². The first-order valence-electron chi connectivity index (χ1n) is 6.54. The summed E-state index contributed by atoms with van der Waals surface area (Å²) in [6, 6.07) is 9.80. The lowest BCUT2D eigenvalue weighted by molar-refractivity contribution is -0.136. The van der Waals surface area contributed by atoms with Gasteiger partial charge in [0.05, 0.1) is 12.8 Å². The fraction of sp³-hybridized carbons (Fsp3) is 0.133. The molecule has 0 bridgehead atoms. The van der Waals surface area contributed by atoms with Crippen LogP contribution in [-0.2, 0) is 20.9 Å². The second kappa shape index (κ2) is 7.07. The van der Waals surface area contributed by atoms with E-state index < -0.39 is 11.8 Å². The molecular weight excluding hydrogens is 286 g/mol. The van der Waals surface area contributed by atoms with Crippen LogP contribution in [0.25, 0.3) is 0 Å². The van der Waals surface area contributed by atoms with Crippen molar-refractivity contribution in [1.29, 1.82) is 0 Å². The van der Waals surface area contributed by atoms with Gasteiger partial charge >= 0.3 is 11.8 Å². The summed E-state index contributed by atoms with van der Waals surface area (Å²) < 4.78 is 5.05. The van der Waals surface area contributed by atoms with E-state index in [9.17, 15) is 14.4 Å². The number of carbonyl (C=O) groups is 3. The van der Waals surface area contributed by atoms with Crippen molar-refractivity contribution in [2.75, 3.05) is 10.6 Å². The van der Waals surface area contributed by atoms with E-state index in [4.69, 9.17) is 4.42 Å². The largest absolute Gasteiger partial charge is 0.467 e. The number of hydrogen-bond donors (Lipinski definition) is 3. The molecule has 1 aromatic carbocycles. The topological polar surface area (TPSA) is 100 Å². The molecule has 0 aliphatic heterocycles. The molecule has 0 unspecified atom stereocenters. The minimum Gasteiger partial charge on any atom is -0.467 e. The van der Waals surface area contributed by atoms with Crippen LogP contribution in [0, 0.1) is 0 Å². The van der Waals surface area contributed by atoms with Gasteiger partial charge in [0, 0.05) is 18.3 Å². The van der Waals surface area contributed by atoms with E-state index in [1.165, 1.54) is 13.2 Å². The normalized spacial score (nSPS) is 9.86. The van der Waals surface area contributed by atoms with Crippen LogP contribution in [0.1, 0.15) is 12.7 Å². The lowest BCUT2D eigenvalue weighted by atomic mass is 10.2. The molecule has 2 rings (SSSR count). The summed E-state index contributed by atoms with van der Waals surface area (Å²) in [6.45, 7) is 1.54. The third-order valence-electron chi connectivity index (χ3n) is 2.67. The molecule has 3 N–H and O–H groups in total. The number of anilines is 2. The van der Waals surface area contributed by atoms with Gasteiger partial charge < -0.3 is 20.4 Å². The highest BCUT2D eigenvalue weighted by Crippen LogP contribution is 2.13. The van der Waals surface area contributed by atoms with Crippen LogP contribution in [0.4, 0.5) is 11.4 Å². The highest BCUT2D eigenvalue weighted by Gasteiger charge is 2.13. The molecule has 0 saturated carbocycles. The average Bonchev–Trinajstić information content (AvgIpc) is 2.99. The van der Waals surface area contributed by atoms with Crippen LogP contribution in [-0.4, -0.2) is 17.7 Å². The Morgan fingerprint density at radius 1 is 0.955 bits per heavy atom. The summed E-state index contributed by atoms with van der Waals surface area (Å²) in [5.74, 6) is -1.17. The first-order valence-corrected chi connectivity index (χ1v) is 6.54. The second-order valence-electron chi connectivity index (χ2n) is 4.47. The van der Waals surface area contributed by atoms with Gasteiger partial charge in [-0.1, -0.05) is 0 Å². The van der Waals surface area contributed by atoms with Crippen molar-refractivity contribution in [3.05, 3.63) is 48.4 Å². The number of rotatable bonds is 4. The maximum Gasteiger partial charge on any atom is 0.313 e. The fourth-order valence-corrected chi connectivity index (χ4v) is 1.69. The zero-order chi connectivity index (χ0) is 15.9. The van der Waals surface area contributed by atoms with E-state index >= 15 is 0 Å². The molecule has 22 heavy (non-hydrogen) atoms. The molecule has 3 amide bonds. The molecule has 1 heterocycles. The molecule has 1 aromatic heterocycles. The van der Waals surface area contributed by atoms with Gasteiger partial charge in [-0.05, 0) is 36.4 Å². The number of carbonyl (C=O) groups excluding carboxylic acids is 3. The Labute approximate surface area is 126 Å². The molecule has 0 radical (unpaired) electrons. The second-order valence-corrected chi connectivity index (χ2v) is 4.47. The highest BCUT2D eigenvalue weighted by molar-refractivity contribution is 6.39.